The molecule has 0 amide bonds. The van der Waals surface area contributed by atoms with Crippen molar-refractivity contribution in [2.75, 3.05) is 12.8 Å². The van der Waals surface area contributed by atoms with Crippen molar-refractivity contribution in [1.29, 1.82) is 0 Å². The van der Waals surface area contributed by atoms with Crippen molar-refractivity contribution < 1.29 is 33.7 Å². The van der Waals surface area contributed by atoms with E-state index < -0.39 is 54.6 Å². The summed E-state index contributed by atoms with van der Waals surface area (Å²) in [5.74, 6) is -6.37. The maximum absolute atomic E-state index is 14.3. The monoisotopic (exact) mass is 391 g/mol. The topological polar surface area (TPSA) is 81.3 Å². The number of hydrogen-bond acceptors (Lipinski definition) is 5. The highest BCUT2D eigenvalue weighted by Gasteiger charge is 2.69. The van der Waals surface area contributed by atoms with E-state index in [1.165, 1.54) is 0 Å². The molecule has 0 aliphatic carbocycles. The molecule has 0 saturated carbocycles. The minimum absolute atomic E-state index is 0.186. The third-order valence-corrected chi connectivity index (χ3v) is 4.42. The zero-order chi connectivity index (χ0) is 19.6. The summed E-state index contributed by atoms with van der Waals surface area (Å²) >= 11 is 0. The minimum atomic E-state index is -10.5. The third-order valence-electron chi connectivity index (χ3n) is 3.26. The van der Waals surface area contributed by atoms with Gasteiger partial charge in [0, 0.05) is 5.41 Å². The molecule has 1 aromatic heterocycles. The average molecular weight is 391 g/mol. The first kappa shape index (κ1) is 19.2. The number of halogens is 6. The Bertz CT molecular complexity index is 894. The number of phenolic OH excluding ortho intramolecular Hbond substituents is 1. The molecule has 0 unspecified atom stereocenters. The van der Waals surface area contributed by atoms with Gasteiger partial charge in [-0.25, -0.2) is 14.4 Å². The molecule has 12 heteroatoms. The van der Waals surface area contributed by atoms with Gasteiger partial charge in [-0.15, -0.1) is 0 Å². The predicted molar refractivity (Wildman–Crippen MR) is 82.2 cm³/mol. The van der Waals surface area contributed by atoms with Crippen LogP contribution in [0, 0.1) is 5.82 Å². The summed E-state index contributed by atoms with van der Waals surface area (Å²) in [5.41, 5.74) is 3.40. The van der Waals surface area contributed by atoms with E-state index in [-0.39, 0.29) is 5.82 Å². The molecular weight excluding hydrogens is 376 g/mol. The number of nitrogens with two attached hydrogens (primary N) is 1. The van der Waals surface area contributed by atoms with Gasteiger partial charge in [0.25, 0.3) is 0 Å². The lowest BCUT2D eigenvalue weighted by Crippen LogP contribution is -2.19. The third kappa shape index (κ3) is 3.22. The molecule has 3 N–H and O–H groups in total. The number of phenols is 1. The normalized spacial score (nSPS) is 15.8. The van der Waals surface area contributed by atoms with Crippen LogP contribution in [0.1, 0.15) is 26.6 Å². The van der Waals surface area contributed by atoms with Crippen LogP contribution >= 0.6 is 10.2 Å². The van der Waals surface area contributed by atoms with E-state index in [1.54, 1.807) is 20.8 Å². The van der Waals surface area contributed by atoms with Crippen LogP contribution in [0.5, 0.6) is 11.5 Å². The summed E-state index contributed by atoms with van der Waals surface area (Å²) < 4.78 is 86.2. The fourth-order valence-electron chi connectivity index (χ4n) is 2.19. The van der Waals surface area contributed by atoms with Crippen molar-refractivity contribution in [2.24, 2.45) is 0 Å². The zero-order valence-corrected chi connectivity index (χ0v) is 14.3. The molecule has 0 bridgehead atoms. The Morgan fingerprint density at radius 2 is 1.60 bits per heavy atom. The summed E-state index contributed by atoms with van der Waals surface area (Å²) in [4.78, 5) is 4.53. The molecule has 0 aliphatic rings. The van der Waals surface area contributed by atoms with Crippen molar-refractivity contribution in [1.82, 2.24) is 9.97 Å². The molecule has 0 fully saturated rings. The number of anilines is 1. The molecule has 0 saturated heterocycles. The van der Waals surface area contributed by atoms with Crippen LogP contribution < -0.4 is 10.5 Å². The number of hydrogen-bond donors (Lipinski definition) is 2. The van der Waals surface area contributed by atoms with Crippen LogP contribution in [-0.4, -0.2) is 22.2 Å². The van der Waals surface area contributed by atoms with Crippen LogP contribution in [0.2, 0.25) is 0 Å². The number of nitrogen functional groups attached to an aromatic ring is 1. The number of rotatable bonds is 2. The van der Waals surface area contributed by atoms with Gasteiger partial charge in [-0.2, -0.15) is 0 Å². The van der Waals surface area contributed by atoms with Crippen LogP contribution in [0.3, 0.4) is 0 Å². The lowest BCUT2D eigenvalue weighted by molar-refractivity contribution is 0.326. The molecule has 1 heterocycles. The number of fused-ring (bicyclic) bond motifs is 1. The molecule has 1 aromatic carbocycles. The quantitative estimate of drug-likeness (QED) is 0.703. The fraction of sp³-hybridized carbons (Fsp3) is 0.385. The molecule has 142 valence electrons. The smallest absolute Gasteiger partial charge is 0.314 e. The Balaban J connectivity index is 3.22. The maximum Gasteiger partial charge on any atom is 0.314 e. The average Bonchev–Trinajstić information content (AvgIpc) is 2.38. The Morgan fingerprint density at radius 3 is 2.00 bits per heavy atom. The highest BCUT2D eigenvalue weighted by molar-refractivity contribution is 8.46. The van der Waals surface area contributed by atoms with Gasteiger partial charge in [0.05, 0.1) is 12.5 Å². The van der Waals surface area contributed by atoms with Gasteiger partial charge in [-0.3, -0.25) is 0 Å². The van der Waals surface area contributed by atoms with Gasteiger partial charge < -0.3 is 15.6 Å². The molecule has 0 spiro atoms. The van der Waals surface area contributed by atoms with E-state index >= 15 is 0 Å². The predicted octanol–water partition coefficient (Wildman–Crippen LogP) is 5.02. The van der Waals surface area contributed by atoms with E-state index in [0.29, 0.717) is 7.11 Å². The zero-order valence-electron chi connectivity index (χ0n) is 13.5. The molecule has 25 heavy (non-hydrogen) atoms. The van der Waals surface area contributed by atoms with Gasteiger partial charge >= 0.3 is 10.2 Å². The van der Waals surface area contributed by atoms with Crippen LogP contribution in [0.25, 0.3) is 10.9 Å². The van der Waals surface area contributed by atoms with E-state index in [9.17, 15) is 28.9 Å². The largest absolute Gasteiger partial charge is 0.502 e. The van der Waals surface area contributed by atoms with Crippen molar-refractivity contribution in [3.05, 3.63) is 11.6 Å². The van der Waals surface area contributed by atoms with Gasteiger partial charge in [-0.1, -0.05) is 40.2 Å². The molecule has 2 rings (SSSR count). The van der Waals surface area contributed by atoms with E-state index in [0.717, 1.165) is 0 Å². The Labute approximate surface area is 138 Å². The summed E-state index contributed by atoms with van der Waals surface area (Å²) in [6.07, 6.45) is 0. The standard InChI is InChI=1S/C13H15F6N3O2S/c1-13(2,3)12-21-7-5(11(20)22-12)10(25(15,16,17,18)19)9(24-4)8(23)6(7)14/h23H,1-4H3,(H2,20,21,22). The Kier molecular flexibility index (Phi) is 3.49. The summed E-state index contributed by atoms with van der Waals surface area (Å²) in [5, 5.41) is 8.18. The molecule has 0 atom stereocenters. The number of aromatic nitrogens is 2. The number of aromatic hydroxyl groups is 1. The van der Waals surface area contributed by atoms with Gasteiger partial charge in [-0.05, 0) is 0 Å². The second-order valence-corrected chi connectivity index (χ2v) is 8.75. The SMILES string of the molecule is COc1c(O)c(F)c2nc(C(C)(C)C)nc(N)c2c1S(F)(F)(F)(F)F. The van der Waals surface area contributed by atoms with Crippen LogP contribution in [0.4, 0.5) is 29.6 Å². The van der Waals surface area contributed by atoms with Crippen molar-refractivity contribution in [2.45, 2.75) is 31.1 Å². The van der Waals surface area contributed by atoms with Gasteiger partial charge in [0.2, 0.25) is 0 Å². The van der Waals surface area contributed by atoms with Crippen molar-refractivity contribution in [3.63, 3.8) is 0 Å². The Morgan fingerprint density at radius 1 is 1.08 bits per heavy atom. The van der Waals surface area contributed by atoms with Crippen molar-refractivity contribution >= 4 is 26.9 Å². The first-order valence-electron chi connectivity index (χ1n) is 6.68. The second-order valence-electron chi connectivity index (χ2n) is 6.40. The highest BCUT2D eigenvalue weighted by atomic mass is 32.5. The highest BCUT2D eigenvalue weighted by Crippen LogP contribution is 3.04. The van der Waals surface area contributed by atoms with E-state index in [4.69, 9.17) is 5.73 Å². The summed E-state index contributed by atoms with van der Waals surface area (Å²) in [6, 6.07) is 0. The van der Waals surface area contributed by atoms with Crippen LogP contribution in [0.15, 0.2) is 4.90 Å². The second kappa shape index (κ2) is 4.54. The van der Waals surface area contributed by atoms with Crippen LogP contribution in [-0.2, 0) is 5.41 Å². The molecular formula is C13H15F6N3O2S. The van der Waals surface area contributed by atoms with E-state index in [2.05, 4.69) is 14.7 Å². The van der Waals surface area contributed by atoms with E-state index in [1.807, 2.05) is 0 Å². The summed E-state index contributed by atoms with van der Waals surface area (Å²) in [6.45, 7) is 4.67. The minimum Gasteiger partial charge on any atom is -0.502 e. The molecule has 0 aliphatic heterocycles. The first-order chi connectivity index (χ1) is 10.9. The maximum atomic E-state index is 14.3. The molecule has 0 radical (unpaired) electrons. The Hall–Kier alpha value is -2.11. The number of benzene rings is 1. The summed E-state index contributed by atoms with van der Waals surface area (Å²) in [7, 11) is -9.88. The number of ether oxygens (including phenoxy) is 1. The lowest BCUT2D eigenvalue weighted by atomic mass is 9.95. The van der Waals surface area contributed by atoms with Gasteiger partial charge in [0.15, 0.2) is 22.2 Å². The molecule has 2 aromatic rings. The fourth-order valence-corrected chi connectivity index (χ4v) is 3.30. The number of nitrogens with zero attached hydrogens (tertiary/aromatic N) is 2. The van der Waals surface area contributed by atoms with Gasteiger partial charge in [0.1, 0.15) is 17.2 Å². The molecule has 5 nitrogen and oxygen atoms in total. The number of methoxy groups -OCH3 is 1. The van der Waals surface area contributed by atoms with Crippen molar-refractivity contribution in [3.8, 4) is 11.5 Å². The lowest BCUT2D eigenvalue weighted by Gasteiger charge is -2.42. The first-order valence-corrected chi connectivity index (χ1v) is 8.63.